The summed E-state index contributed by atoms with van der Waals surface area (Å²) < 4.78 is 49.5. The number of amides is 1. The third-order valence-electron chi connectivity index (χ3n) is 3.87. The first-order valence-electron chi connectivity index (χ1n) is 7.70. The van der Waals surface area contributed by atoms with E-state index >= 15 is 0 Å². The van der Waals surface area contributed by atoms with E-state index in [0.717, 1.165) is 12.1 Å². The summed E-state index contributed by atoms with van der Waals surface area (Å²) in [6.07, 6.45) is -5.29. The number of rotatable bonds is 3. The minimum atomic E-state index is -4.43. The molecule has 0 aliphatic carbocycles. The molecule has 4 nitrogen and oxygen atoms in total. The van der Waals surface area contributed by atoms with Crippen molar-refractivity contribution in [2.75, 3.05) is 6.61 Å². The van der Waals surface area contributed by atoms with Gasteiger partial charge in [-0.05, 0) is 36.8 Å². The van der Waals surface area contributed by atoms with E-state index in [1.165, 1.54) is 12.1 Å². The van der Waals surface area contributed by atoms with Crippen molar-refractivity contribution in [1.29, 1.82) is 0 Å². The number of halogens is 3. The molecule has 2 atom stereocenters. The van der Waals surface area contributed by atoms with E-state index in [4.69, 9.17) is 9.47 Å². The maximum atomic E-state index is 12.8. The number of fused-ring (bicyclic) bond motifs is 1. The zero-order valence-corrected chi connectivity index (χ0v) is 13.3. The van der Waals surface area contributed by atoms with Gasteiger partial charge in [-0.3, -0.25) is 4.79 Å². The summed E-state index contributed by atoms with van der Waals surface area (Å²) in [5.41, 5.74) is -0.391. The molecule has 1 aliphatic rings. The van der Waals surface area contributed by atoms with Gasteiger partial charge in [0.15, 0.2) is 11.5 Å². The number of para-hydroxylation sites is 2. The Kier molecular flexibility index (Phi) is 4.57. The molecule has 0 radical (unpaired) electrons. The Bertz CT molecular complexity index is 776. The van der Waals surface area contributed by atoms with Crippen LogP contribution in [0, 0.1) is 0 Å². The van der Waals surface area contributed by atoms with Gasteiger partial charge in [0.1, 0.15) is 6.61 Å². The van der Waals surface area contributed by atoms with Crippen LogP contribution in [0.4, 0.5) is 13.2 Å². The second kappa shape index (κ2) is 6.66. The molecule has 1 heterocycles. The van der Waals surface area contributed by atoms with Crippen LogP contribution < -0.4 is 14.8 Å². The lowest BCUT2D eigenvalue weighted by Gasteiger charge is -2.27. The van der Waals surface area contributed by atoms with Gasteiger partial charge in [0.2, 0.25) is 6.10 Å². The Morgan fingerprint density at radius 2 is 1.88 bits per heavy atom. The number of hydrogen-bond donors (Lipinski definition) is 1. The molecule has 0 spiro atoms. The van der Waals surface area contributed by atoms with Crippen LogP contribution in [-0.4, -0.2) is 18.6 Å². The number of benzene rings is 2. The molecule has 132 valence electrons. The third-order valence-corrected chi connectivity index (χ3v) is 3.87. The summed E-state index contributed by atoms with van der Waals surface area (Å²) in [4.78, 5) is 12.3. The molecule has 0 saturated carbocycles. The molecule has 0 saturated heterocycles. The lowest BCUT2D eigenvalue weighted by Crippen LogP contribution is -2.44. The zero-order chi connectivity index (χ0) is 18.0. The van der Waals surface area contributed by atoms with Crippen molar-refractivity contribution in [2.24, 2.45) is 0 Å². The Balaban J connectivity index is 1.67. The van der Waals surface area contributed by atoms with E-state index in [-0.39, 0.29) is 6.61 Å². The summed E-state index contributed by atoms with van der Waals surface area (Å²) in [7, 11) is 0. The monoisotopic (exact) mass is 351 g/mol. The van der Waals surface area contributed by atoms with Gasteiger partial charge in [-0.1, -0.05) is 24.3 Å². The van der Waals surface area contributed by atoms with Gasteiger partial charge in [0.25, 0.3) is 5.91 Å². The summed E-state index contributed by atoms with van der Waals surface area (Å²) >= 11 is 0. The predicted molar refractivity (Wildman–Crippen MR) is 84.4 cm³/mol. The summed E-state index contributed by atoms with van der Waals surface area (Å²) in [6.45, 7) is 1.66. The average Bonchev–Trinajstić information content (AvgIpc) is 2.60. The molecule has 7 heteroatoms. The van der Waals surface area contributed by atoms with Crippen LogP contribution in [-0.2, 0) is 11.0 Å². The van der Waals surface area contributed by atoms with Gasteiger partial charge in [0, 0.05) is 0 Å². The minimum Gasteiger partial charge on any atom is -0.485 e. The van der Waals surface area contributed by atoms with Crippen LogP contribution in [0.5, 0.6) is 11.5 Å². The minimum absolute atomic E-state index is 0.0398. The van der Waals surface area contributed by atoms with E-state index in [9.17, 15) is 18.0 Å². The van der Waals surface area contributed by atoms with Gasteiger partial charge in [-0.25, -0.2) is 0 Å². The van der Waals surface area contributed by atoms with Gasteiger partial charge < -0.3 is 14.8 Å². The maximum absolute atomic E-state index is 12.8. The second-order valence-electron chi connectivity index (χ2n) is 5.72. The zero-order valence-electron chi connectivity index (χ0n) is 13.3. The van der Waals surface area contributed by atoms with Crippen molar-refractivity contribution in [3.63, 3.8) is 0 Å². The Morgan fingerprint density at radius 1 is 1.16 bits per heavy atom. The van der Waals surface area contributed by atoms with Gasteiger partial charge in [-0.2, -0.15) is 13.2 Å². The van der Waals surface area contributed by atoms with E-state index in [0.29, 0.717) is 17.1 Å². The molecule has 3 rings (SSSR count). The number of ether oxygens (including phenoxy) is 2. The first kappa shape index (κ1) is 17.1. The summed E-state index contributed by atoms with van der Waals surface area (Å²) in [5.74, 6) is 0.567. The average molecular weight is 351 g/mol. The SMILES string of the molecule is C[C@@H](NC(=O)[C@@H]1COc2ccccc2O1)c1cccc(C(F)(F)F)c1. The van der Waals surface area contributed by atoms with Crippen LogP contribution in [0.15, 0.2) is 48.5 Å². The highest BCUT2D eigenvalue weighted by Crippen LogP contribution is 2.32. The third kappa shape index (κ3) is 3.87. The highest BCUT2D eigenvalue weighted by atomic mass is 19.4. The topological polar surface area (TPSA) is 47.6 Å². The highest BCUT2D eigenvalue weighted by molar-refractivity contribution is 5.82. The van der Waals surface area contributed by atoms with Crippen molar-refractivity contribution in [2.45, 2.75) is 25.2 Å². The van der Waals surface area contributed by atoms with Gasteiger partial charge in [0.05, 0.1) is 11.6 Å². The van der Waals surface area contributed by atoms with Crippen LogP contribution in [0.3, 0.4) is 0 Å². The van der Waals surface area contributed by atoms with Crippen LogP contribution >= 0.6 is 0 Å². The molecular formula is C18H16F3NO3. The van der Waals surface area contributed by atoms with Crippen LogP contribution in [0.1, 0.15) is 24.1 Å². The van der Waals surface area contributed by atoms with E-state index in [1.807, 2.05) is 0 Å². The van der Waals surface area contributed by atoms with Crippen molar-refractivity contribution < 1.29 is 27.4 Å². The predicted octanol–water partition coefficient (Wildman–Crippen LogP) is 3.72. The smallest absolute Gasteiger partial charge is 0.416 e. The molecule has 2 aromatic carbocycles. The Morgan fingerprint density at radius 3 is 2.60 bits per heavy atom. The molecular weight excluding hydrogens is 335 g/mol. The number of carbonyl (C=O) groups is 1. The molecule has 25 heavy (non-hydrogen) atoms. The van der Waals surface area contributed by atoms with Crippen molar-refractivity contribution in [1.82, 2.24) is 5.32 Å². The lowest BCUT2D eigenvalue weighted by atomic mass is 10.0. The number of hydrogen-bond acceptors (Lipinski definition) is 3. The van der Waals surface area contributed by atoms with E-state index in [1.54, 1.807) is 31.2 Å². The van der Waals surface area contributed by atoms with Gasteiger partial charge >= 0.3 is 6.18 Å². The van der Waals surface area contributed by atoms with E-state index < -0.39 is 29.8 Å². The summed E-state index contributed by atoms with van der Waals surface area (Å²) in [6, 6.07) is 11.2. The van der Waals surface area contributed by atoms with Crippen molar-refractivity contribution in [3.05, 3.63) is 59.7 Å². The van der Waals surface area contributed by atoms with Crippen molar-refractivity contribution in [3.8, 4) is 11.5 Å². The number of carbonyl (C=O) groups excluding carboxylic acids is 1. The molecule has 0 fully saturated rings. The first-order chi connectivity index (χ1) is 11.8. The number of nitrogens with one attached hydrogen (secondary N) is 1. The quantitative estimate of drug-likeness (QED) is 0.917. The fraction of sp³-hybridized carbons (Fsp3) is 0.278. The molecule has 1 N–H and O–H groups in total. The standard InChI is InChI=1S/C18H16F3NO3/c1-11(12-5-4-6-13(9-12)18(19,20)21)22-17(23)16-10-24-14-7-2-3-8-15(14)25-16/h2-9,11,16H,10H2,1H3,(H,22,23)/t11-,16+/m1/s1. The van der Waals surface area contributed by atoms with Crippen LogP contribution in [0.2, 0.25) is 0 Å². The fourth-order valence-electron chi connectivity index (χ4n) is 2.52. The second-order valence-corrected chi connectivity index (χ2v) is 5.72. The molecule has 0 aromatic heterocycles. The maximum Gasteiger partial charge on any atom is 0.416 e. The van der Waals surface area contributed by atoms with Crippen molar-refractivity contribution >= 4 is 5.91 Å². The summed E-state index contributed by atoms with van der Waals surface area (Å²) in [5, 5.41) is 2.66. The Labute approximate surface area is 142 Å². The highest BCUT2D eigenvalue weighted by Gasteiger charge is 2.31. The molecule has 0 unspecified atom stereocenters. The normalized spacial score (nSPS) is 17.7. The van der Waals surface area contributed by atoms with Gasteiger partial charge in [-0.15, -0.1) is 0 Å². The largest absolute Gasteiger partial charge is 0.485 e. The Hall–Kier alpha value is -2.70. The molecule has 1 amide bonds. The first-order valence-corrected chi connectivity index (χ1v) is 7.70. The molecule has 2 aromatic rings. The van der Waals surface area contributed by atoms with Crippen LogP contribution in [0.25, 0.3) is 0 Å². The lowest BCUT2D eigenvalue weighted by molar-refractivity contribution is -0.137. The molecule has 0 bridgehead atoms. The molecule has 1 aliphatic heterocycles. The fourth-order valence-corrected chi connectivity index (χ4v) is 2.52. The van der Waals surface area contributed by atoms with E-state index in [2.05, 4.69) is 5.32 Å². The number of alkyl halides is 3.